The molecular formula is C28H44N4O2. The first-order valence-electron chi connectivity index (χ1n) is 13.5. The summed E-state index contributed by atoms with van der Waals surface area (Å²) >= 11 is 0. The van der Waals surface area contributed by atoms with Crippen LogP contribution in [0.2, 0.25) is 0 Å². The standard InChI is InChI=1S/C28H42N4O2.H2/c1-20(33)32-22-10-8-21(9-11-23(32)13-12-22)31-18-16-28(17-19-31)15-14-26(29-27(34)30(2)3)24-6-4-5-7-25(24)28;/h4-7,21-23,26H,8-19H2,1-3H3,(H,29,34);1H/t21?,22?,23?,26-;/m1./s1. The predicted octanol–water partition coefficient (Wildman–Crippen LogP) is 4.69. The number of urea groups is 1. The van der Waals surface area contributed by atoms with E-state index in [4.69, 9.17) is 0 Å². The smallest absolute Gasteiger partial charge is 0.317 e. The number of amides is 3. The first kappa shape index (κ1) is 23.7. The Balaban J connectivity index is 0.00000289. The summed E-state index contributed by atoms with van der Waals surface area (Å²) in [5.41, 5.74) is 3.04. The lowest BCUT2D eigenvalue weighted by Gasteiger charge is -2.49. The molecule has 1 aromatic rings. The third kappa shape index (κ3) is 4.34. The average Bonchev–Trinajstić information content (AvgIpc) is 3.27. The second-order valence-corrected chi connectivity index (χ2v) is 11.5. The van der Waals surface area contributed by atoms with Gasteiger partial charge < -0.3 is 20.0 Å². The molecule has 0 aromatic heterocycles. The van der Waals surface area contributed by atoms with Crippen molar-refractivity contribution in [2.24, 2.45) is 0 Å². The van der Waals surface area contributed by atoms with Gasteiger partial charge in [-0.2, -0.15) is 0 Å². The molecule has 3 saturated heterocycles. The third-order valence-electron chi connectivity index (χ3n) is 9.44. The largest absolute Gasteiger partial charge is 0.337 e. The number of benzene rings is 1. The van der Waals surface area contributed by atoms with Gasteiger partial charge in [-0.1, -0.05) is 24.3 Å². The Morgan fingerprint density at radius 3 is 2.09 bits per heavy atom. The molecule has 2 unspecified atom stereocenters. The van der Waals surface area contributed by atoms with Crippen LogP contribution in [0.15, 0.2) is 24.3 Å². The predicted molar refractivity (Wildman–Crippen MR) is 137 cm³/mol. The van der Waals surface area contributed by atoms with Crippen molar-refractivity contribution in [2.45, 2.75) is 101 Å². The summed E-state index contributed by atoms with van der Waals surface area (Å²) in [7, 11) is 3.61. The molecule has 1 N–H and O–H groups in total. The quantitative estimate of drug-likeness (QED) is 0.685. The van der Waals surface area contributed by atoms with Crippen molar-refractivity contribution < 1.29 is 11.0 Å². The summed E-state index contributed by atoms with van der Waals surface area (Å²) in [4.78, 5) is 31.2. The first-order chi connectivity index (χ1) is 16.4. The highest BCUT2D eigenvalue weighted by Gasteiger charge is 2.44. The molecule has 34 heavy (non-hydrogen) atoms. The fraction of sp³-hybridized carbons (Fsp3) is 0.714. The number of rotatable bonds is 2. The molecular weight excluding hydrogens is 424 g/mol. The monoisotopic (exact) mass is 468 g/mol. The number of carbonyl (C=O) groups is 2. The summed E-state index contributed by atoms with van der Waals surface area (Å²) < 4.78 is 0. The maximum absolute atomic E-state index is 12.4. The van der Waals surface area contributed by atoms with Crippen LogP contribution in [0.1, 0.15) is 89.7 Å². The fourth-order valence-electron chi connectivity index (χ4n) is 7.58. The lowest BCUT2D eigenvalue weighted by molar-refractivity contribution is -0.132. The molecule has 5 rings (SSSR count). The van der Waals surface area contributed by atoms with Gasteiger partial charge in [0.05, 0.1) is 6.04 Å². The molecule has 0 saturated carbocycles. The van der Waals surface area contributed by atoms with Crippen LogP contribution in [0.5, 0.6) is 0 Å². The minimum absolute atomic E-state index is 0. The zero-order valence-corrected chi connectivity index (χ0v) is 21.3. The average molecular weight is 469 g/mol. The molecule has 6 heteroatoms. The number of fused-ring (bicyclic) bond motifs is 4. The van der Waals surface area contributed by atoms with Gasteiger partial charge >= 0.3 is 6.03 Å². The number of nitrogens with one attached hydrogen (secondary N) is 1. The molecule has 3 amide bonds. The molecule has 2 bridgehead atoms. The molecule has 3 heterocycles. The molecule has 4 aliphatic rings. The molecule has 3 fully saturated rings. The second kappa shape index (κ2) is 9.52. The van der Waals surface area contributed by atoms with E-state index in [1.165, 1.54) is 75.6 Å². The normalized spacial score (nSPS) is 30.9. The SMILES string of the molecule is CC(=O)N1C2CCC(N3CCC4(CC[C@@H](NC(=O)N(C)C)c5ccccc54)CC3)CCC1CC2.[HH]. The van der Waals surface area contributed by atoms with Crippen LogP contribution < -0.4 is 5.32 Å². The van der Waals surface area contributed by atoms with E-state index in [0.29, 0.717) is 18.1 Å². The van der Waals surface area contributed by atoms with Gasteiger partial charge in [0.25, 0.3) is 0 Å². The van der Waals surface area contributed by atoms with Crippen molar-refractivity contribution >= 4 is 11.9 Å². The number of nitrogens with zero attached hydrogens (tertiary/aromatic N) is 3. The van der Waals surface area contributed by atoms with E-state index in [9.17, 15) is 9.59 Å². The highest BCUT2D eigenvalue weighted by atomic mass is 16.2. The Kier molecular flexibility index (Phi) is 6.62. The molecule has 1 aliphatic carbocycles. The Labute approximate surface area is 206 Å². The van der Waals surface area contributed by atoms with Crippen LogP contribution in [0, 0.1) is 0 Å². The van der Waals surface area contributed by atoms with E-state index in [-0.39, 0.29) is 24.8 Å². The Morgan fingerprint density at radius 2 is 1.50 bits per heavy atom. The van der Waals surface area contributed by atoms with Crippen LogP contribution in [-0.4, -0.2) is 71.9 Å². The maximum Gasteiger partial charge on any atom is 0.317 e. The Morgan fingerprint density at radius 1 is 0.912 bits per heavy atom. The van der Waals surface area contributed by atoms with Crippen molar-refractivity contribution in [1.29, 1.82) is 0 Å². The van der Waals surface area contributed by atoms with Crippen molar-refractivity contribution in [3.8, 4) is 0 Å². The van der Waals surface area contributed by atoms with Crippen LogP contribution in [0.25, 0.3) is 0 Å². The lowest BCUT2D eigenvalue weighted by atomic mass is 9.63. The maximum atomic E-state index is 12.4. The van der Waals surface area contributed by atoms with E-state index in [1.54, 1.807) is 25.9 Å². The second-order valence-electron chi connectivity index (χ2n) is 11.5. The zero-order valence-electron chi connectivity index (χ0n) is 21.3. The van der Waals surface area contributed by atoms with E-state index in [0.717, 1.165) is 12.8 Å². The number of carbonyl (C=O) groups excluding carboxylic acids is 2. The van der Waals surface area contributed by atoms with Crippen LogP contribution in [0.3, 0.4) is 0 Å². The number of hydrogen-bond acceptors (Lipinski definition) is 3. The van der Waals surface area contributed by atoms with E-state index in [1.807, 2.05) is 0 Å². The van der Waals surface area contributed by atoms with Crippen LogP contribution in [-0.2, 0) is 10.2 Å². The molecule has 1 aromatic carbocycles. The minimum atomic E-state index is -0.00726. The van der Waals surface area contributed by atoms with Gasteiger partial charge in [0, 0.05) is 40.6 Å². The Bertz CT molecular complexity index is 898. The van der Waals surface area contributed by atoms with Gasteiger partial charge in [0.15, 0.2) is 0 Å². The molecule has 188 valence electrons. The van der Waals surface area contributed by atoms with Gasteiger partial charge in [-0.15, -0.1) is 0 Å². The zero-order chi connectivity index (χ0) is 23.9. The van der Waals surface area contributed by atoms with Crippen LogP contribution >= 0.6 is 0 Å². The number of piperidine rings is 1. The number of hydrogen-bond donors (Lipinski definition) is 1. The van der Waals surface area contributed by atoms with Gasteiger partial charge in [0.2, 0.25) is 5.91 Å². The van der Waals surface area contributed by atoms with Crippen LogP contribution in [0.4, 0.5) is 4.79 Å². The third-order valence-corrected chi connectivity index (χ3v) is 9.44. The molecule has 6 nitrogen and oxygen atoms in total. The first-order valence-corrected chi connectivity index (χ1v) is 13.5. The summed E-state index contributed by atoms with van der Waals surface area (Å²) in [5, 5.41) is 3.24. The van der Waals surface area contributed by atoms with Gasteiger partial charge in [0.1, 0.15) is 0 Å². The minimum Gasteiger partial charge on any atom is -0.337 e. The summed E-state index contributed by atoms with van der Waals surface area (Å²) in [5.74, 6) is 0.280. The summed E-state index contributed by atoms with van der Waals surface area (Å²) in [6.07, 6.45) is 11.8. The van der Waals surface area contributed by atoms with E-state index >= 15 is 0 Å². The molecule has 3 aliphatic heterocycles. The van der Waals surface area contributed by atoms with E-state index < -0.39 is 0 Å². The summed E-state index contributed by atoms with van der Waals surface area (Å²) in [6, 6.07) is 10.6. The highest BCUT2D eigenvalue weighted by Crippen LogP contribution is 2.48. The molecule has 1 spiro atoms. The van der Waals surface area contributed by atoms with Gasteiger partial charge in [-0.3, -0.25) is 4.79 Å². The lowest BCUT2D eigenvalue weighted by Crippen LogP contribution is -2.51. The van der Waals surface area contributed by atoms with Gasteiger partial charge in [-0.05, 0) is 93.8 Å². The van der Waals surface area contributed by atoms with Crippen molar-refractivity contribution in [3.63, 3.8) is 0 Å². The summed E-state index contributed by atoms with van der Waals surface area (Å²) in [6.45, 7) is 4.09. The fourth-order valence-corrected chi connectivity index (χ4v) is 7.58. The molecule has 0 radical (unpaired) electrons. The van der Waals surface area contributed by atoms with Gasteiger partial charge in [-0.25, -0.2) is 4.79 Å². The van der Waals surface area contributed by atoms with Crippen molar-refractivity contribution in [1.82, 2.24) is 20.0 Å². The number of likely N-dealkylation sites (tertiary alicyclic amines) is 1. The van der Waals surface area contributed by atoms with Crippen molar-refractivity contribution in [2.75, 3.05) is 27.2 Å². The van der Waals surface area contributed by atoms with Crippen molar-refractivity contribution in [3.05, 3.63) is 35.4 Å². The Hall–Kier alpha value is -2.08. The topological polar surface area (TPSA) is 55.9 Å². The molecule has 3 atom stereocenters. The van der Waals surface area contributed by atoms with E-state index in [2.05, 4.69) is 39.4 Å². The highest BCUT2D eigenvalue weighted by molar-refractivity contribution is 5.74.